The summed E-state index contributed by atoms with van der Waals surface area (Å²) in [6, 6.07) is 14.1. The zero-order valence-corrected chi connectivity index (χ0v) is 25.3. The molecule has 0 bridgehead atoms. The second-order valence-electron chi connectivity index (χ2n) is 7.84. The second kappa shape index (κ2) is 13.0. The second-order valence-corrected chi connectivity index (χ2v) is 8.46. The van der Waals surface area contributed by atoms with Crippen LogP contribution in [0, 0.1) is 45.0 Å². The van der Waals surface area contributed by atoms with Crippen molar-refractivity contribution in [1.82, 2.24) is 14.5 Å². The monoisotopic (exact) mass is 792 g/mol. The van der Waals surface area contributed by atoms with Crippen molar-refractivity contribution in [2.24, 2.45) is 0 Å². The van der Waals surface area contributed by atoms with Gasteiger partial charge in [0, 0.05) is 18.1 Å². The Morgan fingerprint density at radius 3 is 2.50 bits per heavy atom. The molecule has 8 heteroatoms. The summed E-state index contributed by atoms with van der Waals surface area (Å²) in [5.41, 5.74) is 2.84. The quantitative estimate of drug-likeness (QED) is 0.0773. The van der Waals surface area contributed by atoms with E-state index in [0.717, 1.165) is 33.2 Å². The maximum atomic E-state index is 13.4. The van der Waals surface area contributed by atoms with Gasteiger partial charge in [-0.3, -0.25) is 4.79 Å². The summed E-state index contributed by atoms with van der Waals surface area (Å²) in [7, 11) is 0. The van der Waals surface area contributed by atoms with Gasteiger partial charge in [0.05, 0.1) is 28.5 Å². The Morgan fingerprint density at radius 2 is 1.82 bits per heavy atom. The number of nitrogens with one attached hydrogen (secondary N) is 1. The van der Waals surface area contributed by atoms with E-state index in [-0.39, 0.29) is 42.7 Å². The third kappa shape index (κ3) is 6.02. The van der Waals surface area contributed by atoms with Gasteiger partial charge in [0.2, 0.25) is 0 Å². The number of rotatable bonds is 10. The van der Waals surface area contributed by atoms with E-state index in [4.69, 9.17) is 4.74 Å². The first kappa shape index (κ1) is 27.1. The zero-order valence-electron chi connectivity index (χ0n) is 19.0. The molecule has 0 spiro atoms. The van der Waals surface area contributed by atoms with E-state index < -0.39 is 0 Å². The number of anilines is 1. The molecule has 0 saturated heterocycles. The third-order valence-corrected chi connectivity index (χ3v) is 6.23. The van der Waals surface area contributed by atoms with Crippen molar-refractivity contribution >= 4 is 50.1 Å². The van der Waals surface area contributed by atoms with Gasteiger partial charge in [-0.2, -0.15) is 12.8 Å². The number of nitrogens with zero attached hydrogens (tertiary/aromatic N) is 3. The van der Waals surface area contributed by atoms with Crippen LogP contribution in [0.5, 0.6) is 0 Å². The van der Waals surface area contributed by atoms with Gasteiger partial charge in [-0.25, -0.2) is 9.97 Å². The van der Waals surface area contributed by atoms with Gasteiger partial charge in [0.1, 0.15) is 5.82 Å². The van der Waals surface area contributed by atoms with Crippen molar-refractivity contribution in [3.63, 3.8) is 0 Å². The topological polar surface area (TPSA) is 69.0 Å². The van der Waals surface area contributed by atoms with Gasteiger partial charge in [-0.1, -0.05) is 52.9 Å². The van der Waals surface area contributed by atoms with Crippen LogP contribution in [0.1, 0.15) is 30.0 Å². The van der Waals surface area contributed by atoms with Gasteiger partial charge in [-0.05, 0) is 41.1 Å². The van der Waals surface area contributed by atoms with Crippen molar-refractivity contribution in [3.05, 3.63) is 90.3 Å². The molecule has 0 aliphatic carbocycles. The molecule has 6 nitrogen and oxygen atoms in total. The predicted octanol–water partition coefficient (Wildman–Crippen LogP) is 5.35. The Labute approximate surface area is 237 Å². The SMILES string of the molecule is [CH2-]CC(C[CH2-])n1cnc2c(cc(Cc3ccc(NCCOCI)nc3)c3ccccc32)c1=O.[U+2]. The molecule has 4 aromatic rings. The predicted molar refractivity (Wildman–Crippen MR) is 143 cm³/mol. The van der Waals surface area contributed by atoms with Gasteiger partial charge in [0.15, 0.2) is 0 Å². The number of ether oxygens (including phenoxy) is 1. The number of hydrogen-bond acceptors (Lipinski definition) is 5. The van der Waals surface area contributed by atoms with Crippen molar-refractivity contribution in [2.45, 2.75) is 25.3 Å². The molecule has 0 saturated carbocycles. The fraction of sp³-hybridized carbons (Fsp3) is 0.269. The molecule has 0 amide bonds. The number of halogens is 1. The summed E-state index contributed by atoms with van der Waals surface area (Å²) < 4.78 is 7.69. The Kier molecular flexibility index (Phi) is 10.4. The molecule has 0 fully saturated rings. The molecule has 34 heavy (non-hydrogen) atoms. The van der Waals surface area contributed by atoms with E-state index in [9.17, 15) is 4.79 Å². The van der Waals surface area contributed by atoms with E-state index in [1.165, 1.54) is 0 Å². The third-order valence-electron chi connectivity index (χ3n) is 5.79. The van der Waals surface area contributed by atoms with Crippen LogP contribution in [0.2, 0.25) is 0 Å². The molecule has 174 valence electrons. The number of fused-ring (bicyclic) bond motifs is 3. The van der Waals surface area contributed by atoms with Crippen molar-refractivity contribution < 1.29 is 35.9 Å². The van der Waals surface area contributed by atoms with E-state index in [1.54, 1.807) is 10.9 Å². The molecule has 0 aliphatic heterocycles. The van der Waals surface area contributed by atoms with Gasteiger partial charge < -0.3 is 28.5 Å². The number of pyridine rings is 1. The van der Waals surface area contributed by atoms with Crippen LogP contribution < -0.4 is 10.9 Å². The summed E-state index contributed by atoms with van der Waals surface area (Å²) >= 11 is 2.18. The Morgan fingerprint density at radius 1 is 1.06 bits per heavy atom. The van der Waals surface area contributed by atoms with Crippen molar-refractivity contribution in [1.29, 1.82) is 0 Å². The van der Waals surface area contributed by atoms with Crippen LogP contribution >= 0.6 is 22.6 Å². The standard InChI is InChI=1S/C26H27IN4O2.U/c1-3-20(4-2)31-17-30-25-22-8-6-5-7-21(22)19(14-23(25)26(31)32)13-18-9-10-24(29-15-18)28-11-12-33-16-27;/h5-10,14-15,17,20H,1-4,11-13,16H2,(H,28,29);/q-2;+2. The van der Waals surface area contributed by atoms with Crippen LogP contribution in [-0.2, 0) is 11.2 Å². The van der Waals surface area contributed by atoms with E-state index in [2.05, 4.69) is 63.9 Å². The number of hydrogen-bond donors (Lipinski definition) is 1. The van der Waals surface area contributed by atoms with E-state index >= 15 is 0 Å². The first-order valence-electron chi connectivity index (χ1n) is 11.0. The first-order chi connectivity index (χ1) is 16.2. The number of aromatic nitrogens is 3. The van der Waals surface area contributed by atoms with E-state index in [0.29, 0.717) is 42.4 Å². The normalized spacial score (nSPS) is 11.2. The zero-order chi connectivity index (χ0) is 23.2. The fourth-order valence-corrected chi connectivity index (χ4v) is 4.35. The largest absolute Gasteiger partial charge is 2.00 e. The molecule has 0 radical (unpaired) electrons. The summed E-state index contributed by atoms with van der Waals surface area (Å²) in [5.74, 6) is 0.818. The fourth-order valence-electron chi connectivity index (χ4n) is 4.04. The molecule has 0 aliphatic rings. The summed E-state index contributed by atoms with van der Waals surface area (Å²) in [6.07, 6.45) is 5.37. The average Bonchev–Trinajstić information content (AvgIpc) is 2.85. The Balaban J connectivity index is 0.00000324. The molecule has 2 aromatic heterocycles. The van der Waals surface area contributed by atoms with Crippen molar-refractivity contribution in [3.8, 4) is 0 Å². The molecule has 2 aromatic carbocycles. The van der Waals surface area contributed by atoms with Crippen LogP contribution in [0.3, 0.4) is 0 Å². The molecular weight excluding hydrogens is 765 g/mol. The van der Waals surface area contributed by atoms with Crippen LogP contribution in [0.15, 0.2) is 59.8 Å². The van der Waals surface area contributed by atoms with E-state index in [1.807, 2.05) is 36.5 Å². The molecule has 1 N–H and O–H groups in total. The first-order valence-corrected chi connectivity index (χ1v) is 12.5. The summed E-state index contributed by atoms with van der Waals surface area (Å²) in [5, 5.41) is 5.96. The van der Waals surface area contributed by atoms with Gasteiger partial charge in [0.25, 0.3) is 5.56 Å². The average molecular weight is 792 g/mol. The molecule has 4 rings (SSSR count). The van der Waals surface area contributed by atoms with Crippen LogP contribution in [0.4, 0.5) is 5.82 Å². The summed E-state index contributed by atoms with van der Waals surface area (Å²) in [6.45, 7) is 9.29. The number of benzene rings is 2. The minimum atomic E-state index is -0.0594. The Hall–Kier alpha value is -1.47. The smallest absolute Gasteiger partial charge is 0.369 e. The Bertz CT molecular complexity index is 1290. The van der Waals surface area contributed by atoms with Crippen LogP contribution in [0.25, 0.3) is 21.7 Å². The minimum absolute atomic E-state index is 0. The molecule has 0 unspecified atom stereocenters. The number of alkyl halides is 1. The van der Waals surface area contributed by atoms with Crippen molar-refractivity contribution in [2.75, 3.05) is 23.1 Å². The van der Waals surface area contributed by atoms with Gasteiger partial charge >= 0.3 is 31.1 Å². The minimum Gasteiger partial charge on any atom is -0.369 e. The van der Waals surface area contributed by atoms with Crippen LogP contribution in [-0.4, -0.2) is 32.3 Å². The summed E-state index contributed by atoms with van der Waals surface area (Å²) in [4.78, 5) is 22.6. The maximum absolute atomic E-state index is 13.4. The molecular formula is C26H27IN4O2U. The maximum Gasteiger partial charge on any atom is 2.00 e. The molecule has 0 atom stereocenters. The molecule has 2 heterocycles. The van der Waals surface area contributed by atoms with Gasteiger partial charge in [-0.15, -0.1) is 0 Å².